The molecule has 0 radical (unpaired) electrons. The largest absolute Gasteiger partial charge is 0.363 e. The van der Waals surface area contributed by atoms with Gasteiger partial charge in [0.2, 0.25) is 0 Å². The summed E-state index contributed by atoms with van der Waals surface area (Å²) in [6.45, 7) is 0. The lowest BCUT2D eigenvalue weighted by molar-refractivity contribution is 0.449. The molecule has 3 rings (SSSR count). The van der Waals surface area contributed by atoms with Gasteiger partial charge in [-0.1, -0.05) is 31.0 Å². The molecule has 1 atom stereocenters. The quantitative estimate of drug-likeness (QED) is 0.912. The van der Waals surface area contributed by atoms with Crippen LogP contribution in [0.3, 0.4) is 0 Å². The van der Waals surface area contributed by atoms with Gasteiger partial charge in [-0.3, -0.25) is 13.9 Å². The van der Waals surface area contributed by atoms with Gasteiger partial charge in [0.05, 0.1) is 6.04 Å². The summed E-state index contributed by atoms with van der Waals surface area (Å²) in [4.78, 5) is 24.6. The Morgan fingerprint density at radius 3 is 2.46 bits per heavy atom. The van der Waals surface area contributed by atoms with E-state index in [9.17, 15) is 19.2 Å². The lowest BCUT2D eigenvalue weighted by Gasteiger charge is -2.28. The lowest BCUT2D eigenvalue weighted by atomic mass is 9.91. The first-order valence-corrected chi connectivity index (χ1v) is 8.66. The van der Waals surface area contributed by atoms with Crippen LogP contribution < -0.4 is 16.6 Å². The van der Waals surface area contributed by atoms with Crippen molar-refractivity contribution in [3.63, 3.8) is 0 Å². The first-order valence-electron chi connectivity index (χ1n) is 8.66. The van der Waals surface area contributed by atoms with Crippen molar-refractivity contribution in [2.45, 2.75) is 31.7 Å². The first-order chi connectivity index (χ1) is 12.5. The third-order valence-electron chi connectivity index (χ3n) is 5.18. The summed E-state index contributed by atoms with van der Waals surface area (Å²) < 4.78 is 16.6. The molecular weight excluding hydrogens is 335 g/mol. The van der Waals surface area contributed by atoms with Gasteiger partial charge in [0.25, 0.3) is 5.56 Å². The van der Waals surface area contributed by atoms with Gasteiger partial charge >= 0.3 is 5.69 Å². The number of hydrogen-bond donors (Lipinski definition) is 1. The Kier molecular flexibility index (Phi) is 4.94. The van der Waals surface area contributed by atoms with Crippen LogP contribution in [0.25, 0.3) is 0 Å². The maximum absolute atomic E-state index is 14.5. The second-order valence-corrected chi connectivity index (χ2v) is 6.73. The van der Waals surface area contributed by atoms with E-state index in [-0.39, 0.29) is 23.1 Å². The number of aromatic nitrogens is 2. The van der Waals surface area contributed by atoms with Crippen molar-refractivity contribution in [3.05, 3.63) is 62.0 Å². The van der Waals surface area contributed by atoms with E-state index in [0.29, 0.717) is 5.56 Å². The Balaban J connectivity index is 2.15. The van der Waals surface area contributed by atoms with Crippen molar-refractivity contribution in [1.82, 2.24) is 9.13 Å². The molecule has 26 heavy (non-hydrogen) atoms. The van der Waals surface area contributed by atoms with E-state index in [4.69, 9.17) is 0 Å². The highest BCUT2D eigenvalue weighted by atomic mass is 19.1. The van der Waals surface area contributed by atoms with Crippen LogP contribution >= 0.6 is 0 Å². The minimum absolute atomic E-state index is 0.140. The van der Waals surface area contributed by atoms with Crippen LogP contribution in [0, 0.1) is 23.1 Å². The molecule has 0 aliphatic heterocycles. The average molecular weight is 356 g/mol. The number of nitrogens with zero attached hydrogens (tertiary/aromatic N) is 3. The highest BCUT2D eigenvalue weighted by Gasteiger charge is 2.30. The van der Waals surface area contributed by atoms with Crippen molar-refractivity contribution in [1.29, 1.82) is 5.26 Å². The Morgan fingerprint density at radius 1 is 1.19 bits per heavy atom. The Hall–Kier alpha value is -2.88. The van der Waals surface area contributed by atoms with Gasteiger partial charge in [0, 0.05) is 19.7 Å². The normalized spacial score (nSPS) is 15.6. The molecule has 2 aromatic rings. The molecule has 1 aliphatic carbocycles. The summed E-state index contributed by atoms with van der Waals surface area (Å²) in [5, 5.41) is 12.6. The van der Waals surface area contributed by atoms with Gasteiger partial charge in [0.15, 0.2) is 5.56 Å². The standard InChI is InChI=1S/C19H21FN4O2/c1-23-17(14(11-21)18(25)24(2)19(23)26)22-16(12-7-3-4-8-12)13-9-5-6-10-15(13)20/h5-6,9-10,12,16,22H,3-4,7-8H2,1-2H3. The second-order valence-electron chi connectivity index (χ2n) is 6.73. The smallest absolute Gasteiger partial charge is 0.332 e. The van der Waals surface area contributed by atoms with Crippen molar-refractivity contribution >= 4 is 5.82 Å². The number of hydrogen-bond acceptors (Lipinski definition) is 4. The van der Waals surface area contributed by atoms with E-state index in [1.54, 1.807) is 18.2 Å². The van der Waals surface area contributed by atoms with E-state index in [2.05, 4.69) is 5.32 Å². The number of nitriles is 1. The maximum Gasteiger partial charge on any atom is 0.332 e. The van der Waals surface area contributed by atoms with E-state index >= 15 is 0 Å². The highest BCUT2D eigenvalue weighted by molar-refractivity contribution is 5.53. The Bertz CT molecular complexity index is 980. The van der Waals surface area contributed by atoms with Crippen molar-refractivity contribution in [3.8, 4) is 6.07 Å². The third-order valence-corrected chi connectivity index (χ3v) is 5.18. The molecule has 1 saturated carbocycles. The molecule has 0 bridgehead atoms. The molecule has 1 fully saturated rings. The van der Waals surface area contributed by atoms with Gasteiger partial charge in [0.1, 0.15) is 17.7 Å². The number of halogens is 1. The molecule has 1 aromatic heterocycles. The van der Waals surface area contributed by atoms with Crippen LogP contribution in [-0.4, -0.2) is 9.13 Å². The zero-order chi connectivity index (χ0) is 18.8. The molecule has 0 spiro atoms. The first kappa shape index (κ1) is 17.9. The molecule has 6 nitrogen and oxygen atoms in total. The topological polar surface area (TPSA) is 79.8 Å². The van der Waals surface area contributed by atoms with Crippen molar-refractivity contribution in [2.24, 2.45) is 20.0 Å². The second kappa shape index (κ2) is 7.16. The summed E-state index contributed by atoms with van der Waals surface area (Å²) in [5.41, 5.74) is -0.850. The minimum Gasteiger partial charge on any atom is -0.363 e. The predicted octanol–water partition coefficient (Wildman–Crippen LogP) is 2.44. The summed E-state index contributed by atoms with van der Waals surface area (Å²) >= 11 is 0. The molecule has 1 N–H and O–H groups in total. The van der Waals surface area contributed by atoms with Crippen LogP contribution in [0.2, 0.25) is 0 Å². The zero-order valence-electron chi connectivity index (χ0n) is 14.8. The molecule has 1 heterocycles. The van der Waals surface area contributed by atoms with Crippen LogP contribution in [0.15, 0.2) is 33.9 Å². The summed E-state index contributed by atoms with van der Waals surface area (Å²) in [7, 11) is 2.83. The molecule has 1 aromatic carbocycles. The average Bonchev–Trinajstić information content (AvgIpc) is 3.17. The summed E-state index contributed by atoms with van der Waals surface area (Å²) in [6.07, 6.45) is 3.95. The summed E-state index contributed by atoms with van der Waals surface area (Å²) in [6, 6.07) is 7.96. The SMILES string of the molecule is Cn1c(NC(c2ccccc2F)C2CCCC2)c(C#N)c(=O)n(C)c1=O. The van der Waals surface area contributed by atoms with Crippen molar-refractivity contribution in [2.75, 3.05) is 5.32 Å². The van der Waals surface area contributed by atoms with Crippen LogP contribution in [0.1, 0.15) is 42.9 Å². The fourth-order valence-corrected chi connectivity index (χ4v) is 3.73. The summed E-state index contributed by atoms with van der Waals surface area (Å²) in [5.74, 6) is -0.0393. The molecule has 0 saturated heterocycles. The Labute approximate surface area is 150 Å². The Morgan fingerprint density at radius 2 is 1.85 bits per heavy atom. The van der Waals surface area contributed by atoms with Gasteiger partial charge in [-0.2, -0.15) is 5.26 Å². The number of rotatable bonds is 4. The lowest BCUT2D eigenvalue weighted by Crippen LogP contribution is -2.40. The van der Waals surface area contributed by atoms with Gasteiger partial charge in [-0.05, 0) is 24.8 Å². The van der Waals surface area contributed by atoms with E-state index in [0.717, 1.165) is 30.3 Å². The highest BCUT2D eigenvalue weighted by Crippen LogP contribution is 2.38. The van der Waals surface area contributed by atoms with Crippen molar-refractivity contribution < 1.29 is 4.39 Å². The van der Waals surface area contributed by atoms with E-state index in [1.807, 2.05) is 6.07 Å². The van der Waals surface area contributed by atoms with Crippen LogP contribution in [-0.2, 0) is 14.1 Å². The number of nitrogens with one attached hydrogen (secondary N) is 1. The molecule has 0 amide bonds. The van der Waals surface area contributed by atoms with Gasteiger partial charge in [-0.15, -0.1) is 0 Å². The molecular formula is C19H21FN4O2. The zero-order valence-corrected chi connectivity index (χ0v) is 14.8. The predicted molar refractivity (Wildman–Crippen MR) is 96.4 cm³/mol. The third kappa shape index (κ3) is 3.03. The fraction of sp³-hybridized carbons (Fsp3) is 0.421. The monoisotopic (exact) mass is 356 g/mol. The molecule has 136 valence electrons. The molecule has 7 heteroatoms. The van der Waals surface area contributed by atoms with Crippen LogP contribution in [0.4, 0.5) is 10.2 Å². The minimum atomic E-state index is -0.656. The number of benzene rings is 1. The number of anilines is 1. The molecule has 1 aliphatic rings. The maximum atomic E-state index is 14.5. The van der Waals surface area contributed by atoms with Gasteiger partial charge in [-0.25, -0.2) is 9.18 Å². The van der Waals surface area contributed by atoms with E-state index in [1.165, 1.54) is 24.7 Å². The van der Waals surface area contributed by atoms with Crippen LogP contribution in [0.5, 0.6) is 0 Å². The van der Waals surface area contributed by atoms with E-state index < -0.39 is 17.3 Å². The molecule has 1 unspecified atom stereocenters. The van der Waals surface area contributed by atoms with Gasteiger partial charge < -0.3 is 5.32 Å². The fourth-order valence-electron chi connectivity index (χ4n) is 3.73.